The molecule has 1 amide bonds. The number of hydroxylamine groups is 1. The van der Waals surface area contributed by atoms with Gasteiger partial charge in [-0.25, -0.2) is 10.3 Å². The lowest BCUT2D eigenvalue weighted by Gasteiger charge is -2.09. The van der Waals surface area contributed by atoms with Gasteiger partial charge in [0.05, 0.1) is 12.8 Å². The molecule has 0 radical (unpaired) electrons. The summed E-state index contributed by atoms with van der Waals surface area (Å²) >= 11 is 0. The molecule has 44 valence electrons. The molecule has 0 saturated carbocycles. The Labute approximate surface area is 46.6 Å². The van der Waals surface area contributed by atoms with E-state index in [1.807, 2.05) is 0 Å². The average Bonchev–Trinajstić information content (AvgIpc) is 2.19. The Balaban J connectivity index is 2.25. The maximum atomic E-state index is 9.69. The first-order chi connectivity index (χ1) is 3.93. The van der Waals surface area contributed by atoms with E-state index >= 15 is 0 Å². The molecule has 1 N–H and O–H groups in total. The third-order valence-electron chi connectivity index (χ3n) is 0.731. The monoisotopic (exact) mass is 114 g/mol. The Morgan fingerprint density at radius 3 is 3.25 bits per heavy atom. The van der Waals surface area contributed by atoms with Gasteiger partial charge in [0.1, 0.15) is 0 Å². The van der Waals surface area contributed by atoms with E-state index in [0.29, 0.717) is 13.0 Å². The van der Waals surface area contributed by atoms with E-state index in [9.17, 15) is 4.79 Å². The number of hydrogen-bond donors (Lipinski definition) is 1. The molecule has 1 aliphatic heterocycles. The van der Waals surface area contributed by atoms with Crippen LogP contribution in [0.5, 0.6) is 0 Å². The Bertz CT molecular complexity index is 113. The number of rotatable bonds is 2. The normalized spacial score (nSPS) is 16.8. The van der Waals surface area contributed by atoms with Gasteiger partial charge in [0, 0.05) is 0 Å². The van der Waals surface area contributed by atoms with Crippen LogP contribution in [0.4, 0.5) is 0 Å². The maximum Gasteiger partial charge on any atom is 0.227 e. The van der Waals surface area contributed by atoms with Crippen LogP contribution in [0.1, 0.15) is 0 Å². The zero-order valence-electron chi connectivity index (χ0n) is 4.20. The third-order valence-corrected chi connectivity index (χ3v) is 0.731. The van der Waals surface area contributed by atoms with Crippen molar-refractivity contribution >= 4 is 6.41 Å². The van der Waals surface area contributed by atoms with Crippen molar-refractivity contribution in [1.82, 2.24) is 10.6 Å². The minimum Gasteiger partial charge on any atom is -0.277 e. The molecule has 0 aromatic carbocycles. The molecule has 1 heterocycles. The highest BCUT2D eigenvalue weighted by Crippen LogP contribution is 1.93. The summed E-state index contributed by atoms with van der Waals surface area (Å²) in [6, 6.07) is 0. The van der Waals surface area contributed by atoms with Gasteiger partial charge in [-0.3, -0.25) is 4.79 Å². The van der Waals surface area contributed by atoms with Gasteiger partial charge in [0.2, 0.25) is 6.41 Å². The van der Waals surface area contributed by atoms with E-state index in [1.54, 1.807) is 12.3 Å². The average molecular weight is 114 g/mol. The molecule has 0 spiro atoms. The number of hydrazine groups is 1. The predicted octanol–water partition coefficient (Wildman–Crippen LogP) is -0.592. The summed E-state index contributed by atoms with van der Waals surface area (Å²) in [5.41, 5.74) is 2.29. The molecule has 0 aliphatic carbocycles. The van der Waals surface area contributed by atoms with Crippen LogP contribution in [0.15, 0.2) is 12.3 Å². The number of amides is 1. The third kappa shape index (κ3) is 0.974. The first-order valence-electron chi connectivity index (χ1n) is 2.22. The van der Waals surface area contributed by atoms with Crippen molar-refractivity contribution in [2.45, 2.75) is 0 Å². The molecule has 0 bridgehead atoms. The molecule has 0 unspecified atom stereocenters. The molecular formula is C4H6N2O2. The number of hydrogen-bond acceptors (Lipinski definition) is 3. The van der Waals surface area contributed by atoms with Crippen molar-refractivity contribution in [3.63, 3.8) is 0 Å². The molecule has 4 heteroatoms. The van der Waals surface area contributed by atoms with Gasteiger partial charge < -0.3 is 0 Å². The fourth-order valence-electron chi connectivity index (χ4n) is 0.437. The molecule has 0 atom stereocenters. The van der Waals surface area contributed by atoms with Crippen LogP contribution in [0.3, 0.4) is 0 Å². The second-order valence-corrected chi connectivity index (χ2v) is 1.25. The van der Waals surface area contributed by atoms with Crippen molar-refractivity contribution in [1.29, 1.82) is 0 Å². The molecule has 4 nitrogen and oxygen atoms in total. The van der Waals surface area contributed by atoms with Crippen molar-refractivity contribution < 1.29 is 9.63 Å². The summed E-state index contributed by atoms with van der Waals surface area (Å²) in [6.07, 6.45) is 3.97. The van der Waals surface area contributed by atoms with Gasteiger partial charge in [-0.05, 0) is 6.08 Å². The minimum absolute atomic E-state index is 0.529. The van der Waals surface area contributed by atoms with Gasteiger partial charge in [-0.2, -0.15) is 5.17 Å². The zero-order valence-corrected chi connectivity index (χ0v) is 4.20. The topological polar surface area (TPSA) is 41.6 Å². The summed E-state index contributed by atoms with van der Waals surface area (Å²) in [5, 5.41) is 1.24. The largest absolute Gasteiger partial charge is 0.277 e. The Morgan fingerprint density at radius 2 is 2.75 bits per heavy atom. The molecule has 0 saturated heterocycles. The van der Waals surface area contributed by atoms with Crippen LogP contribution in [0.25, 0.3) is 0 Å². The molecule has 1 rings (SSSR count). The number of carbonyl (C=O) groups excluding carboxylic acids is 1. The van der Waals surface area contributed by atoms with E-state index in [0.717, 1.165) is 0 Å². The zero-order chi connectivity index (χ0) is 5.82. The number of carbonyl (C=O) groups is 1. The van der Waals surface area contributed by atoms with E-state index < -0.39 is 0 Å². The molecule has 0 aromatic heterocycles. The standard InChI is InChI=1S/C4H6N2O2/c7-4-5-6-2-1-3-8-6/h1-2,4H,3H2,(H,5,7). The number of nitrogens with zero attached hydrogens (tertiary/aromatic N) is 1. The lowest BCUT2D eigenvalue weighted by atomic mass is 10.7. The SMILES string of the molecule is O=CNN1C=CCO1. The smallest absolute Gasteiger partial charge is 0.227 e. The van der Waals surface area contributed by atoms with Crippen LogP contribution in [-0.2, 0) is 9.63 Å². The predicted molar refractivity (Wildman–Crippen MR) is 26.1 cm³/mol. The maximum absolute atomic E-state index is 9.69. The van der Waals surface area contributed by atoms with Crippen LogP contribution in [-0.4, -0.2) is 18.2 Å². The summed E-state index contributed by atoms with van der Waals surface area (Å²) in [7, 11) is 0. The van der Waals surface area contributed by atoms with Crippen LogP contribution in [0.2, 0.25) is 0 Å². The lowest BCUT2D eigenvalue weighted by Crippen LogP contribution is -2.29. The number of nitrogens with one attached hydrogen (secondary N) is 1. The van der Waals surface area contributed by atoms with E-state index in [1.165, 1.54) is 5.17 Å². The molecular weight excluding hydrogens is 108 g/mol. The summed E-state index contributed by atoms with van der Waals surface area (Å²) in [4.78, 5) is 14.5. The van der Waals surface area contributed by atoms with Crippen molar-refractivity contribution in [3.8, 4) is 0 Å². The fourth-order valence-corrected chi connectivity index (χ4v) is 0.437. The van der Waals surface area contributed by atoms with Gasteiger partial charge >= 0.3 is 0 Å². The summed E-state index contributed by atoms with van der Waals surface area (Å²) in [6.45, 7) is 0.529. The highest BCUT2D eigenvalue weighted by Gasteiger charge is 1.99. The summed E-state index contributed by atoms with van der Waals surface area (Å²) in [5.74, 6) is 0. The Morgan fingerprint density at radius 1 is 1.88 bits per heavy atom. The Kier molecular flexibility index (Phi) is 1.48. The minimum atomic E-state index is 0.529. The van der Waals surface area contributed by atoms with Gasteiger partial charge in [0.25, 0.3) is 0 Å². The van der Waals surface area contributed by atoms with Crippen molar-refractivity contribution in [2.24, 2.45) is 0 Å². The van der Waals surface area contributed by atoms with Gasteiger partial charge in [-0.1, -0.05) is 0 Å². The van der Waals surface area contributed by atoms with Gasteiger partial charge in [-0.15, -0.1) is 0 Å². The highest BCUT2D eigenvalue weighted by atomic mass is 16.7. The lowest BCUT2D eigenvalue weighted by molar-refractivity contribution is -0.146. The second kappa shape index (κ2) is 2.32. The van der Waals surface area contributed by atoms with E-state index in [2.05, 4.69) is 5.43 Å². The van der Waals surface area contributed by atoms with Crippen LogP contribution >= 0.6 is 0 Å². The first kappa shape index (κ1) is 5.11. The van der Waals surface area contributed by atoms with Crippen molar-refractivity contribution in [2.75, 3.05) is 6.61 Å². The summed E-state index contributed by atoms with van der Waals surface area (Å²) < 4.78 is 0. The van der Waals surface area contributed by atoms with Crippen molar-refractivity contribution in [3.05, 3.63) is 12.3 Å². The van der Waals surface area contributed by atoms with E-state index in [-0.39, 0.29) is 0 Å². The quantitative estimate of drug-likeness (QED) is 0.488. The molecule has 0 fully saturated rings. The second-order valence-electron chi connectivity index (χ2n) is 1.25. The first-order valence-corrected chi connectivity index (χ1v) is 2.22. The fraction of sp³-hybridized carbons (Fsp3) is 0.250. The van der Waals surface area contributed by atoms with Crippen LogP contribution < -0.4 is 5.43 Å². The highest BCUT2D eigenvalue weighted by molar-refractivity contribution is 5.44. The Hall–Kier alpha value is -1.03. The molecule has 1 aliphatic rings. The molecule has 8 heavy (non-hydrogen) atoms. The van der Waals surface area contributed by atoms with Crippen LogP contribution in [0, 0.1) is 0 Å². The van der Waals surface area contributed by atoms with E-state index in [4.69, 9.17) is 4.84 Å². The molecule has 0 aromatic rings. The van der Waals surface area contributed by atoms with Gasteiger partial charge in [0.15, 0.2) is 0 Å².